The number of hydrogen-bond donors (Lipinski definition) is 0. The van der Waals surface area contributed by atoms with Crippen LogP contribution in [0, 0.1) is 10.1 Å². The molecule has 0 unspecified atom stereocenters. The van der Waals surface area contributed by atoms with Gasteiger partial charge in [-0.2, -0.15) is 4.58 Å². The lowest BCUT2D eigenvalue weighted by Gasteiger charge is -1.96. The Morgan fingerprint density at radius 2 is 2.00 bits per heavy atom. The van der Waals surface area contributed by atoms with Crippen molar-refractivity contribution in [3.8, 4) is 0 Å². The van der Waals surface area contributed by atoms with Crippen molar-refractivity contribution in [2.75, 3.05) is 13.6 Å². The molecule has 0 fully saturated rings. The molecule has 1 aliphatic heterocycles. The minimum atomic E-state index is -0.473. The lowest BCUT2D eigenvalue weighted by atomic mass is 10.2. The van der Waals surface area contributed by atoms with Gasteiger partial charge in [0.15, 0.2) is 0 Å². The molecule has 1 aromatic carbocycles. The zero-order valence-electron chi connectivity index (χ0n) is 8.54. The second kappa shape index (κ2) is 3.73. The molecule has 6 heteroatoms. The maximum atomic E-state index is 11.0. The van der Waals surface area contributed by atoms with Crippen LogP contribution in [0.4, 0.5) is 5.69 Å². The molecule has 0 saturated carbocycles. The number of non-ortho nitro benzene ring substituents is 1. The Morgan fingerprint density at radius 1 is 1.38 bits per heavy atom. The fourth-order valence-electron chi connectivity index (χ4n) is 1.49. The minimum absolute atomic E-state index is 0.0105. The van der Waals surface area contributed by atoms with E-state index in [2.05, 4.69) is 0 Å². The molecule has 0 bridgehead atoms. The summed E-state index contributed by atoms with van der Waals surface area (Å²) < 4.78 is 6.65. The second-order valence-electron chi connectivity index (χ2n) is 3.44. The summed E-state index contributed by atoms with van der Waals surface area (Å²) >= 11 is 0. The molecular weight excluding hydrogens is 212 g/mol. The summed E-state index contributed by atoms with van der Waals surface area (Å²) in [4.78, 5) is 21.0. The summed E-state index contributed by atoms with van der Waals surface area (Å²) in [5.74, 6) is 0.107. The highest BCUT2D eigenvalue weighted by molar-refractivity contribution is 6.00. The van der Waals surface area contributed by atoms with E-state index in [-0.39, 0.29) is 18.2 Å². The van der Waals surface area contributed by atoms with Crippen molar-refractivity contribution in [1.29, 1.82) is 0 Å². The smallest absolute Gasteiger partial charge is 0.366 e. The van der Waals surface area contributed by atoms with Crippen LogP contribution in [0.15, 0.2) is 24.3 Å². The standard InChI is InChI=1S/C10H9N2O4/c1-11-6-9(13)16-10(11)7-2-4-8(5-3-7)12(14)15/h2-5H,6H2,1H3/q+1. The number of ether oxygens (including phenoxy) is 1. The lowest BCUT2D eigenvalue weighted by molar-refractivity contribution is -0.480. The largest absolute Gasteiger partial charge is 0.381 e. The van der Waals surface area contributed by atoms with Crippen LogP contribution in [-0.2, 0) is 9.53 Å². The van der Waals surface area contributed by atoms with Gasteiger partial charge in [-0.3, -0.25) is 10.1 Å². The molecule has 0 N–H and O–H groups in total. The summed E-state index contributed by atoms with van der Waals surface area (Å²) in [5, 5.41) is 10.5. The van der Waals surface area contributed by atoms with E-state index in [1.165, 1.54) is 12.1 Å². The van der Waals surface area contributed by atoms with Crippen molar-refractivity contribution in [3.05, 3.63) is 39.9 Å². The number of likely N-dealkylation sites (N-methyl/N-ethyl adjacent to an activating group) is 1. The van der Waals surface area contributed by atoms with Crippen molar-refractivity contribution < 1.29 is 19.0 Å². The zero-order chi connectivity index (χ0) is 11.7. The Morgan fingerprint density at radius 3 is 2.44 bits per heavy atom. The van der Waals surface area contributed by atoms with Crippen molar-refractivity contribution in [2.45, 2.75) is 0 Å². The van der Waals surface area contributed by atoms with E-state index in [1.54, 1.807) is 23.8 Å². The highest BCUT2D eigenvalue weighted by Gasteiger charge is 2.30. The number of rotatable bonds is 2. The van der Waals surface area contributed by atoms with E-state index in [0.717, 1.165) is 0 Å². The van der Waals surface area contributed by atoms with Crippen molar-refractivity contribution in [2.24, 2.45) is 0 Å². The summed E-state index contributed by atoms with van der Waals surface area (Å²) in [7, 11) is 1.72. The Kier molecular flexibility index (Phi) is 2.40. The SMILES string of the molecule is C[N+]1=C(c2ccc([N+](=O)[O-])cc2)OC(=O)C1. The maximum absolute atomic E-state index is 11.0. The highest BCUT2D eigenvalue weighted by Crippen LogP contribution is 2.14. The third-order valence-corrected chi connectivity index (χ3v) is 2.25. The van der Waals surface area contributed by atoms with Crippen LogP contribution in [0.2, 0.25) is 0 Å². The molecule has 0 spiro atoms. The quantitative estimate of drug-likeness (QED) is 0.316. The third kappa shape index (κ3) is 1.77. The Bertz CT molecular complexity index is 490. The van der Waals surface area contributed by atoms with Crippen LogP contribution in [0.25, 0.3) is 0 Å². The Hall–Kier alpha value is -2.24. The molecule has 0 atom stereocenters. The van der Waals surface area contributed by atoms with E-state index < -0.39 is 4.92 Å². The molecule has 0 radical (unpaired) electrons. The molecule has 1 aliphatic rings. The number of nitro groups is 1. The van der Waals surface area contributed by atoms with Crippen molar-refractivity contribution >= 4 is 17.6 Å². The number of esters is 1. The number of carbonyl (C=O) groups is 1. The Labute approximate surface area is 90.9 Å². The van der Waals surface area contributed by atoms with Gasteiger partial charge in [0.1, 0.15) is 7.05 Å². The van der Waals surface area contributed by atoms with E-state index in [0.29, 0.717) is 11.5 Å². The Balaban J connectivity index is 2.32. The van der Waals surface area contributed by atoms with Crippen molar-refractivity contribution in [3.63, 3.8) is 0 Å². The molecule has 2 rings (SSSR count). The monoisotopic (exact) mass is 221 g/mol. The van der Waals surface area contributed by atoms with E-state index in [4.69, 9.17) is 4.74 Å². The highest BCUT2D eigenvalue weighted by atomic mass is 16.6. The van der Waals surface area contributed by atoms with Gasteiger partial charge in [0, 0.05) is 12.1 Å². The molecule has 1 aromatic rings. The zero-order valence-corrected chi connectivity index (χ0v) is 8.54. The molecule has 0 aromatic heterocycles. The molecule has 16 heavy (non-hydrogen) atoms. The van der Waals surface area contributed by atoms with Crippen molar-refractivity contribution in [1.82, 2.24) is 0 Å². The minimum Gasteiger partial charge on any atom is -0.366 e. The maximum Gasteiger partial charge on any atom is 0.381 e. The number of hydrogen-bond acceptors (Lipinski definition) is 4. The number of cyclic esters (lactones) is 1. The van der Waals surface area contributed by atoms with Crippen LogP contribution < -0.4 is 0 Å². The van der Waals surface area contributed by atoms with Gasteiger partial charge in [-0.1, -0.05) is 0 Å². The van der Waals surface area contributed by atoms with Gasteiger partial charge in [0.2, 0.25) is 6.54 Å². The van der Waals surface area contributed by atoms with Gasteiger partial charge < -0.3 is 4.74 Å². The summed E-state index contributed by atoms with van der Waals surface area (Å²) in [6, 6.07) is 5.87. The van der Waals surface area contributed by atoms with Gasteiger partial charge >= 0.3 is 11.9 Å². The summed E-state index contributed by atoms with van der Waals surface area (Å²) in [6.45, 7) is 0.201. The first-order valence-electron chi connectivity index (χ1n) is 4.61. The van der Waals surface area contributed by atoms with Gasteiger partial charge in [0.25, 0.3) is 5.69 Å². The fourth-order valence-corrected chi connectivity index (χ4v) is 1.49. The first kappa shape index (κ1) is 10.3. The number of benzene rings is 1. The number of nitro benzene ring substituents is 1. The third-order valence-electron chi connectivity index (χ3n) is 2.25. The number of carbonyl (C=O) groups excluding carboxylic acids is 1. The number of nitrogens with zero attached hydrogens (tertiary/aromatic N) is 2. The van der Waals surface area contributed by atoms with Gasteiger partial charge in [0.05, 0.1) is 10.5 Å². The average molecular weight is 221 g/mol. The molecule has 1 heterocycles. The molecule has 6 nitrogen and oxygen atoms in total. The van der Waals surface area contributed by atoms with Gasteiger partial charge in [-0.15, -0.1) is 0 Å². The normalized spacial score (nSPS) is 15.2. The molecule has 82 valence electrons. The first-order valence-corrected chi connectivity index (χ1v) is 4.61. The van der Waals surface area contributed by atoms with Crippen LogP contribution >= 0.6 is 0 Å². The van der Waals surface area contributed by atoms with E-state index in [1.807, 2.05) is 0 Å². The molecule has 0 amide bonds. The topological polar surface area (TPSA) is 72.4 Å². The van der Waals surface area contributed by atoms with Crippen LogP contribution in [0.3, 0.4) is 0 Å². The molecular formula is C10H9N2O4+. The predicted octanol–water partition coefficient (Wildman–Crippen LogP) is 0.540. The predicted molar refractivity (Wildman–Crippen MR) is 54.3 cm³/mol. The summed E-state index contributed by atoms with van der Waals surface area (Å²) in [6.07, 6.45) is 0. The first-order chi connectivity index (χ1) is 7.58. The second-order valence-corrected chi connectivity index (χ2v) is 3.44. The van der Waals surface area contributed by atoms with Crippen LogP contribution in [0.5, 0.6) is 0 Å². The van der Waals surface area contributed by atoms with Gasteiger partial charge in [-0.05, 0) is 12.1 Å². The van der Waals surface area contributed by atoms with Gasteiger partial charge in [-0.25, -0.2) is 4.79 Å². The summed E-state index contributed by atoms with van der Waals surface area (Å²) in [5.41, 5.74) is 0.662. The average Bonchev–Trinajstić information content (AvgIpc) is 2.58. The molecule has 0 saturated heterocycles. The van der Waals surface area contributed by atoms with Crippen LogP contribution in [0.1, 0.15) is 5.56 Å². The van der Waals surface area contributed by atoms with E-state index in [9.17, 15) is 14.9 Å². The van der Waals surface area contributed by atoms with E-state index >= 15 is 0 Å². The fraction of sp³-hybridized carbons (Fsp3) is 0.200. The van der Waals surface area contributed by atoms with Crippen LogP contribution in [-0.4, -0.2) is 35.0 Å². The lowest BCUT2D eigenvalue weighted by Crippen LogP contribution is -2.11. The molecule has 0 aliphatic carbocycles.